The Hall–Kier alpha value is -0.0400. The van der Waals surface area contributed by atoms with Gasteiger partial charge < -0.3 is 4.74 Å². The highest BCUT2D eigenvalue weighted by molar-refractivity contribution is 5.07. The van der Waals surface area contributed by atoms with Gasteiger partial charge in [-0.15, -0.1) is 0 Å². The van der Waals surface area contributed by atoms with Crippen LogP contribution in [0.1, 0.15) is 71.6 Å². The van der Waals surface area contributed by atoms with Crippen LogP contribution in [0.4, 0.5) is 0 Å². The van der Waals surface area contributed by atoms with Gasteiger partial charge in [0.15, 0.2) is 0 Å². The second-order valence-corrected chi connectivity index (χ2v) is 8.53. The molecule has 19 heavy (non-hydrogen) atoms. The fourth-order valence-electron chi connectivity index (χ4n) is 6.54. The Morgan fingerprint density at radius 2 is 1.79 bits per heavy atom. The van der Waals surface area contributed by atoms with Gasteiger partial charge in [0, 0.05) is 6.61 Å². The fourth-order valence-corrected chi connectivity index (χ4v) is 6.54. The molecular formula is C18H30O. The van der Waals surface area contributed by atoms with E-state index in [1.807, 2.05) is 0 Å². The Labute approximate surface area is 118 Å². The molecule has 1 heterocycles. The number of ether oxygens (including phenoxy) is 1. The van der Waals surface area contributed by atoms with E-state index in [0.29, 0.717) is 16.9 Å². The lowest BCUT2D eigenvalue weighted by atomic mass is 9.47. The zero-order chi connectivity index (χ0) is 13.1. The minimum atomic E-state index is 0.527. The molecule has 0 spiro atoms. The molecular weight excluding hydrogens is 232 g/mol. The number of rotatable bonds is 0. The highest BCUT2D eigenvalue weighted by Crippen LogP contribution is 2.63. The predicted octanol–water partition coefficient (Wildman–Crippen LogP) is 4.80. The molecule has 1 aliphatic heterocycles. The number of hydrogen-bond donors (Lipinski definition) is 0. The molecule has 0 radical (unpaired) electrons. The first-order valence-electron chi connectivity index (χ1n) is 8.75. The first-order valence-corrected chi connectivity index (χ1v) is 8.75. The minimum absolute atomic E-state index is 0.527. The smallest absolute Gasteiger partial charge is 0.0660 e. The summed E-state index contributed by atoms with van der Waals surface area (Å²) in [5.41, 5.74) is 1.19. The average Bonchev–Trinajstić information content (AvgIpc) is 2.79. The number of fused-ring (bicyclic) bond motifs is 5. The van der Waals surface area contributed by atoms with Gasteiger partial charge in [-0.3, -0.25) is 0 Å². The molecule has 0 aromatic rings. The zero-order valence-electron chi connectivity index (χ0n) is 12.8. The lowest BCUT2D eigenvalue weighted by Gasteiger charge is -2.59. The molecule has 4 aliphatic rings. The summed E-state index contributed by atoms with van der Waals surface area (Å²) in [6.07, 6.45) is 13.8. The van der Waals surface area contributed by atoms with Crippen molar-refractivity contribution in [3.8, 4) is 0 Å². The van der Waals surface area contributed by atoms with E-state index < -0.39 is 0 Å². The van der Waals surface area contributed by atoms with Gasteiger partial charge in [0.05, 0.1) is 6.10 Å². The van der Waals surface area contributed by atoms with Gasteiger partial charge >= 0.3 is 0 Å². The highest BCUT2D eigenvalue weighted by Gasteiger charge is 2.57. The van der Waals surface area contributed by atoms with Crippen LogP contribution in [0.3, 0.4) is 0 Å². The topological polar surface area (TPSA) is 9.23 Å². The van der Waals surface area contributed by atoms with Gasteiger partial charge in [-0.25, -0.2) is 0 Å². The lowest BCUT2D eigenvalue weighted by molar-refractivity contribution is -0.133. The molecule has 3 saturated carbocycles. The third-order valence-corrected chi connectivity index (χ3v) is 7.74. The number of hydrogen-bond acceptors (Lipinski definition) is 1. The van der Waals surface area contributed by atoms with Crippen molar-refractivity contribution in [1.29, 1.82) is 0 Å². The average molecular weight is 262 g/mol. The Kier molecular flexibility index (Phi) is 2.82. The van der Waals surface area contributed by atoms with Gasteiger partial charge in [-0.1, -0.05) is 26.7 Å². The van der Waals surface area contributed by atoms with Crippen molar-refractivity contribution in [2.75, 3.05) is 6.61 Å². The van der Waals surface area contributed by atoms with Crippen LogP contribution in [-0.2, 0) is 4.74 Å². The van der Waals surface area contributed by atoms with Crippen molar-refractivity contribution in [3.05, 3.63) is 0 Å². The Morgan fingerprint density at radius 1 is 0.895 bits per heavy atom. The highest BCUT2D eigenvalue weighted by atomic mass is 16.5. The van der Waals surface area contributed by atoms with E-state index >= 15 is 0 Å². The molecule has 6 atom stereocenters. The van der Waals surface area contributed by atoms with Crippen LogP contribution < -0.4 is 0 Å². The van der Waals surface area contributed by atoms with Gasteiger partial charge in [-0.05, 0) is 73.5 Å². The van der Waals surface area contributed by atoms with Crippen molar-refractivity contribution >= 4 is 0 Å². The third kappa shape index (κ3) is 1.69. The maximum atomic E-state index is 6.25. The second-order valence-electron chi connectivity index (χ2n) is 8.53. The summed E-state index contributed by atoms with van der Waals surface area (Å²) in [6, 6.07) is 0. The third-order valence-electron chi connectivity index (χ3n) is 7.74. The maximum absolute atomic E-state index is 6.25. The minimum Gasteiger partial charge on any atom is -0.377 e. The summed E-state index contributed by atoms with van der Waals surface area (Å²) in [6.45, 7) is 6.19. The van der Waals surface area contributed by atoms with Crippen LogP contribution in [0.5, 0.6) is 0 Å². The van der Waals surface area contributed by atoms with Crippen LogP contribution in [0.25, 0.3) is 0 Å². The van der Waals surface area contributed by atoms with E-state index in [-0.39, 0.29) is 0 Å². The summed E-state index contributed by atoms with van der Waals surface area (Å²) < 4.78 is 6.25. The van der Waals surface area contributed by atoms with Gasteiger partial charge in [-0.2, -0.15) is 0 Å². The molecule has 108 valence electrons. The Bertz CT molecular complexity index is 365. The summed E-state index contributed by atoms with van der Waals surface area (Å²) in [7, 11) is 0. The molecule has 0 aromatic heterocycles. The van der Waals surface area contributed by atoms with Crippen molar-refractivity contribution in [2.24, 2.45) is 28.6 Å². The predicted molar refractivity (Wildman–Crippen MR) is 78.0 cm³/mol. The molecule has 0 N–H and O–H groups in total. The van der Waals surface area contributed by atoms with Crippen molar-refractivity contribution in [3.63, 3.8) is 0 Å². The largest absolute Gasteiger partial charge is 0.377 e. The van der Waals surface area contributed by atoms with Crippen LogP contribution >= 0.6 is 0 Å². The fraction of sp³-hybridized carbons (Fsp3) is 1.00. The molecule has 1 saturated heterocycles. The van der Waals surface area contributed by atoms with Gasteiger partial charge in [0.1, 0.15) is 0 Å². The normalized spacial score (nSPS) is 57.2. The van der Waals surface area contributed by atoms with Crippen molar-refractivity contribution in [1.82, 2.24) is 0 Å². The molecule has 1 heteroatoms. The van der Waals surface area contributed by atoms with E-state index in [0.717, 1.165) is 24.4 Å². The van der Waals surface area contributed by atoms with E-state index in [1.54, 1.807) is 0 Å². The van der Waals surface area contributed by atoms with Crippen LogP contribution in [0, 0.1) is 28.6 Å². The first kappa shape index (κ1) is 12.7. The van der Waals surface area contributed by atoms with Crippen LogP contribution in [-0.4, -0.2) is 12.7 Å². The lowest BCUT2D eigenvalue weighted by Crippen LogP contribution is -2.54. The van der Waals surface area contributed by atoms with E-state index in [2.05, 4.69) is 13.8 Å². The summed E-state index contributed by atoms with van der Waals surface area (Å²) in [4.78, 5) is 0. The summed E-state index contributed by atoms with van der Waals surface area (Å²) >= 11 is 0. The monoisotopic (exact) mass is 262 g/mol. The quantitative estimate of drug-likeness (QED) is 0.609. The SMILES string of the molecule is C[C@@]12CCO[C@H]1[C@@H]1CCC3CCCC[C@]3(C)[C@@H]1CC2. The van der Waals surface area contributed by atoms with Crippen molar-refractivity contribution < 1.29 is 4.74 Å². The summed E-state index contributed by atoms with van der Waals surface area (Å²) in [5, 5.41) is 0. The standard InChI is InChI=1S/C18H30O/c1-17-10-8-15-14(16(17)19-12-11-17)7-6-13-5-3-4-9-18(13,15)2/h13-16H,3-12H2,1-2H3/t13?,14-,15-,16+,17-,18+/m1/s1. The van der Waals surface area contributed by atoms with Gasteiger partial charge in [0.25, 0.3) is 0 Å². The van der Waals surface area contributed by atoms with Gasteiger partial charge in [0.2, 0.25) is 0 Å². The molecule has 4 fully saturated rings. The van der Waals surface area contributed by atoms with E-state index in [9.17, 15) is 0 Å². The van der Waals surface area contributed by atoms with E-state index in [1.165, 1.54) is 57.8 Å². The molecule has 0 aromatic carbocycles. The Morgan fingerprint density at radius 3 is 2.68 bits per heavy atom. The van der Waals surface area contributed by atoms with Crippen molar-refractivity contribution in [2.45, 2.75) is 77.7 Å². The first-order chi connectivity index (χ1) is 9.13. The summed E-state index contributed by atoms with van der Waals surface area (Å²) in [5.74, 6) is 2.90. The van der Waals surface area contributed by atoms with Crippen LogP contribution in [0.2, 0.25) is 0 Å². The van der Waals surface area contributed by atoms with E-state index in [4.69, 9.17) is 4.74 Å². The Balaban J connectivity index is 1.64. The molecule has 0 amide bonds. The molecule has 1 unspecified atom stereocenters. The molecule has 1 nitrogen and oxygen atoms in total. The maximum Gasteiger partial charge on any atom is 0.0660 e. The molecule has 0 bridgehead atoms. The zero-order valence-corrected chi connectivity index (χ0v) is 12.8. The van der Waals surface area contributed by atoms with Crippen LogP contribution in [0.15, 0.2) is 0 Å². The molecule has 3 aliphatic carbocycles. The second kappa shape index (κ2) is 4.23. The molecule has 4 rings (SSSR count).